The highest BCUT2D eigenvalue weighted by Gasteiger charge is 2.04. The molecule has 0 unspecified atom stereocenters. The van der Waals surface area contributed by atoms with E-state index in [-0.39, 0.29) is 6.54 Å². The molecule has 3 N–H and O–H groups in total. The van der Waals surface area contributed by atoms with Crippen molar-refractivity contribution < 1.29 is 14.6 Å². The quantitative estimate of drug-likeness (QED) is 0.512. The van der Waals surface area contributed by atoms with E-state index in [0.717, 1.165) is 0 Å². The van der Waals surface area contributed by atoms with E-state index in [1.54, 1.807) is 24.3 Å². The number of hydrogen-bond acceptors (Lipinski definition) is 3. The van der Waals surface area contributed by atoms with Gasteiger partial charge in [0.2, 0.25) is 0 Å². The smallest absolute Gasteiger partial charge is 0.449 e. The second kappa shape index (κ2) is 3.73. The van der Waals surface area contributed by atoms with E-state index in [1.807, 2.05) is 0 Å². The molecule has 1 aromatic carbocycles. The molecule has 0 fully saturated rings. The SMILES string of the molecule is NCc1ccccc1OC(=O)O. The number of carboxylic acid groups (broad SMARTS) is 1. The zero-order chi connectivity index (χ0) is 8.97. The maximum atomic E-state index is 10.2. The van der Waals surface area contributed by atoms with E-state index in [9.17, 15) is 4.79 Å². The van der Waals surface area contributed by atoms with Gasteiger partial charge < -0.3 is 15.6 Å². The van der Waals surface area contributed by atoms with Crippen LogP contribution in [0, 0.1) is 0 Å². The van der Waals surface area contributed by atoms with E-state index >= 15 is 0 Å². The molecule has 0 saturated heterocycles. The third kappa shape index (κ3) is 1.96. The molecule has 0 heterocycles. The number of benzene rings is 1. The summed E-state index contributed by atoms with van der Waals surface area (Å²) < 4.78 is 4.47. The van der Waals surface area contributed by atoms with Gasteiger partial charge >= 0.3 is 6.16 Å². The van der Waals surface area contributed by atoms with Gasteiger partial charge in [-0.15, -0.1) is 0 Å². The van der Waals surface area contributed by atoms with E-state index in [1.165, 1.54) is 0 Å². The van der Waals surface area contributed by atoms with Gasteiger partial charge in [-0.25, -0.2) is 4.79 Å². The summed E-state index contributed by atoms with van der Waals surface area (Å²) in [6.45, 7) is 0.267. The summed E-state index contributed by atoms with van der Waals surface area (Å²) in [5.74, 6) is 0.299. The maximum absolute atomic E-state index is 10.2. The molecule has 0 radical (unpaired) electrons. The van der Waals surface area contributed by atoms with Crippen LogP contribution in [0.3, 0.4) is 0 Å². The molecule has 0 aromatic heterocycles. The lowest BCUT2D eigenvalue weighted by Gasteiger charge is -2.04. The van der Waals surface area contributed by atoms with Gasteiger partial charge in [0, 0.05) is 12.1 Å². The second-order valence-corrected chi connectivity index (χ2v) is 2.18. The second-order valence-electron chi connectivity index (χ2n) is 2.18. The van der Waals surface area contributed by atoms with Crippen molar-refractivity contribution in [2.75, 3.05) is 0 Å². The summed E-state index contributed by atoms with van der Waals surface area (Å²) in [4.78, 5) is 10.2. The predicted octanol–water partition coefficient (Wildman–Crippen LogP) is 1.20. The fourth-order valence-corrected chi connectivity index (χ4v) is 0.866. The Hall–Kier alpha value is -1.55. The standard InChI is InChI=1S/C8H9NO3/c9-5-6-3-1-2-4-7(6)12-8(10)11/h1-4H,5,9H2,(H,10,11). The van der Waals surface area contributed by atoms with Gasteiger partial charge in [-0.1, -0.05) is 18.2 Å². The van der Waals surface area contributed by atoms with Crippen LogP contribution in [0.25, 0.3) is 0 Å². The van der Waals surface area contributed by atoms with Crippen molar-refractivity contribution in [3.8, 4) is 5.75 Å². The van der Waals surface area contributed by atoms with Gasteiger partial charge in [0.25, 0.3) is 0 Å². The van der Waals surface area contributed by atoms with Crippen LogP contribution in [-0.4, -0.2) is 11.3 Å². The zero-order valence-corrected chi connectivity index (χ0v) is 6.36. The van der Waals surface area contributed by atoms with E-state index in [4.69, 9.17) is 10.8 Å². The molecular weight excluding hydrogens is 158 g/mol. The van der Waals surface area contributed by atoms with E-state index < -0.39 is 6.16 Å². The first-order chi connectivity index (χ1) is 5.74. The Kier molecular flexibility index (Phi) is 2.66. The largest absolute Gasteiger partial charge is 0.511 e. The minimum atomic E-state index is -1.32. The van der Waals surface area contributed by atoms with Crippen LogP contribution in [0.15, 0.2) is 24.3 Å². The molecule has 4 nitrogen and oxygen atoms in total. The number of rotatable bonds is 2. The van der Waals surface area contributed by atoms with Crippen molar-refractivity contribution in [2.24, 2.45) is 5.73 Å². The van der Waals surface area contributed by atoms with Gasteiger partial charge in [-0.05, 0) is 6.07 Å². The summed E-state index contributed by atoms with van der Waals surface area (Å²) >= 11 is 0. The van der Waals surface area contributed by atoms with E-state index in [2.05, 4.69) is 4.74 Å². The summed E-state index contributed by atoms with van der Waals surface area (Å²) in [7, 11) is 0. The van der Waals surface area contributed by atoms with E-state index in [0.29, 0.717) is 11.3 Å². The topological polar surface area (TPSA) is 72.5 Å². The molecule has 0 aliphatic carbocycles. The Bertz CT molecular complexity index is 285. The van der Waals surface area contributed by atoms with Crippen LogP contribution in [0.4, 0.5) is 4.79 Å². The Balaban J connectivity index is 2.89. The van der Waals surface area contributed by atoms with Crippen molar-refractivity contribution >= 4 is 6.16 Å². The molecule has 64 valence electrons. The highest BCUT2D eigenvalue weighted by atomic mass is 16.7. The fourth-order valence-electron chi connectivity index (χ4n) is 0.866. The summed E-state index contributed by atoms with van der Waals surface area (Å²) in [5.41, 5.74) is 6.03. The highest BCUT2D eigenvalue weighted by molar-refractivity contribution is 5.61. The third-order valence-corrected chi connectivity index (χ3v) is 1.39. The van der Waals surface area contributed by atoms with Crippen LogP contribution in [0.2, 0.25) is 0 Å². The number of hydrogen-bond donors (Lipinski definition) is 2. The molecule has 1 rings (SSSR count). The normalized spacial score (nSPS) is 9.42. The Morgan fingerprint density at radius 1 is 1.50 bits per heavy atom. The third-order valence-electron chi connectivity index (χ3n) is 1.39. The average molecular weight is 167 g/mol. The van der Waals surface area contributed by atoms with Crippen LogP contribution in [-0.2, 0) is 6.54 Å². The highest BCUT2D eigenvalue weighted by Crippen LogP contribution is 2.16. The molecule has 0 bridgehead atoms. The minimum Gasteiger partial charge on any atom is -0.449 e. The minimum absolute atomic E-state index is 0.267. The van der Waals surface area contributed by atoms with Crippen LogP contribution < -0.4 is 10.5 Å². The lowest BCUT2D eigenvalue weighted by Crippen LogP contribution is -2.07. The molecule has 0 amide bonds. The van der Waals surface area contributed by atoms with Gasteiger partial charge in [0.1, 0.15) is 5.75 Å². The molecule has 0 saturated carbocycles. The van der Waals surface area contributed by atoms with Gasteiger partial charge in [0.15, 0.2) is 0 Å². The predicted molar refractivity (Wildman–Crippen MR) is 43.0 cm³/mol. The summed E-state index contributed by atoms with van der Waals surface area (Å²) in [5, 5.41) is 8.32. The summed E-state index contributed by atoms with van der Waals surface area (Å²) in [6.07, 6.45) is -1.32. The Labute approximate surface area is 69.6 Å². The van der Waals surface area contributed by atoms with Crippen molar-refractivity contribution in [2.45, 2.75) is 6.54 Å². The Morgan fingerprint density at radius 2 is 2.17 bits per heavy atom. The molecule has 1 aromatic rings. The molecule has 0 atom stereocenters. The van der Waals surface area contributed by atoms with Crippen molar-refractivity contribution in [1.82, 2.24) is 0 Å². The molecular formula is C8H9NO3. The average Bonchev–Trinajstić information content (AvgIpc) is 2.04. The molecule has 0 aliphatic heterocycles. The first kappa shape index (κ1) is 8.55. The number of nitrogens with two attached hydrogens (primary N) is 1. The molecule has 0 aliphatic rings. The van der Waals surface area contributed by atoms with Gasteiger partial charge in [-0.3, -0.25) is 0 Å². The van der Waals surface area contributed by atoms with Crippen molar-refractivity contribution in [3.05, 3.63) is 29.8 Å². The lowest BCUT2D eigenvalue weighted by molar-refractivity contribution is 0.144. The van der Waals surface area contributed by atoms with Crippen LogP contribution >= 0.6 is 0 Å². The summed E-state index contributed by atoms with van der Waals surface area (Å²) in [6, 6.07) is 6.75. The number of carbonyl (C=O) groups is 1. The fraction of sp³-hybridized carbons (Fsp3) is 0.125. The first-order valence-electron chi connectivity index (χ1n) is 3.43. The maximum Gasteiger partial charge on any atom is 0.511 e. The van der Waals surface area contributed by atoms with Crippen molar-refractivity contribution in [1.29, 1.82) is 0 Å². The van der Waals surface area contributed by atoms with Crippen molar-refractivity contribution in [3.63, 3.8) is 0 Å². The lowest BCUT2D eigenvalue weighted by atomic mass is 10.2. The van der Waals surface area contributed by atoms with Crippen LogP contribution in [0.1, 0.15) is 5.56 Å². The zero-order valence-electron chi connectivity index (χ0n) is 6.36. The first-order valence-corrected chi connectivity index (χ1v) is 3.43. The monoisotopic (exact) mass is 167 g/mol. The number of para-hydroxylation sites is 1. The van der Waals surface area contributed by atoms with Crippen LogP contribution in [0.5, 0.6) is 5.75 Å². The molecule has 0 spiro atoms. The van der Waals surface area contributed by atoms with Gasteiger partial charge in [0.05, 0.1) is 0 Å². The molecule has 4 heteroatoms. The number of ether oxygens (including phenoxy) is 1. The van der Waals surface area contributed by atoms with Gasteiger partial charge in [-0.2, -0.15) is 0 Å². The molecule has 12 heavy (non-hydrogen) atoms. The Morgan fingerprint density at radius 3 is 2.75 bits per heavy atom.